The van der Waals surface area contributed by atoms with Crippen LogP contribution in [-0.2, 0) is 20.1 Å². The molecule has 2 aromatic rings. The van der Waals surface area contributed by atoms with Crippen molar-refractivity contribution in [3.63, 3.8) is 0 Å². The predicted molar refractivity (Wildman–Crippen MR) is 115 cm³/mol. The number of imide groups is 1. The van der Waals surface area contributed by atoms with Crippen molar-refractivity contribution in [3.05, 3.63) is 70.6 Å². The summed E-state index contributed by atoms with van der Waals surface area (Å²) in [6, 6.07) is 17.2. The number of para-hydroxylation sites is 1. The fourth-order valence-corrected chi connectivity index (χ4v) is 4.26. The van der Waals surface area contributed by atoms with E-state index in [0.29, 0.717) is 53.7 Å². The van der Waals surface area contributed by atoms with Gasteiger partial charge in [-0.2, -0.15) is 0 Å². The molecule has 29 heavy (non-hydrogen) atoms. The number of carbonyl (C=O) groups excluding carboxylic acids is 2. The summed E-state index contributed by atoms with van der Waals surface area (Å²) in [6.45, 7) is 3.40. The fourth-order valence-electron chi connectivity index (χ4n) is 3.18. The number of ether oxygens (including phenoxy) is 2. The molecule has 0 spiro atoms. The second kappa shape index (κ2) is 10.3. The zero-order chi connectivity index (χ0) is 20.6. The summed E-state index contributed by atoms with van der Waals surface area (Å²) in [6.07, 6.45) is 0.612. The molecule has 1 aliphatic heterocycles. The van der Waals surface area contributed by atoms with E-state index in [1.165, 1.54) is 16.7 Å². The first-order chi connectivity index (χ1) is 14.2. The third-order valence-electron chi connectivity index (χ3n) is 4.60. The fraction of sp³-hybridized carbons (Fsp3) is 0.304. The molecule has 2 aromatic carbocycles. The van der Waals surface area contributed by atoms with E-state index < -0.39 is 0 Å². The van der Waals surface area contributed by atoms with Crippen molar-refractivity contribution in [1.29, 1.82) is 0 Å². The summed E-state index contributed by atoms with van der Waals surface area (Å²) < 4.78 is 10.8. The molecule has 2 amide bonds. The molecule has 0 saturated carbocycles. The first kappa shape index (κ1) is 21.1. The van der Waals surface area contributed by atoms with Crippen LogP contribution in [0, 0.1) is 0 Å². The van der Waals surface area contributed by atoms with Crippen LogP contribution in [0.2, 0.25) is 0 Å². The zero-order valence-electron chi connectivity index (χ0n) is 16.7. The van der Waals surface area contributed by atoms with E-state index in [-0.39, 0.29) is 11.8 Å². The van der Waals surface area contributed by atoms with E-state index in [4.69, 9.17) is 9.47 Å². The van der Waals surface area contributed by atoms with Gasteiger partial charge in [-0.25, -0.2) is 0 Å². The van der Waals surface area contributed by atoms with Crippen LogP contribution in [0.25, 0.3) is 5.57 Å². The molecule has 1 heterocycles. The monoisotopic (exact) mass is 411 g/mol. The van der Waals surface area contributed by atoms with Crippen molar-refractivity contribution in [2.24, 2.45) is 0 Å². The molecule has 3 rings (SSSR count). The second-order valence-electron chi connectivity index (χ2n) is 6.49. The lowest BCUT2D eigenvalue weighted by atomic mass is 10.1. The molecule has 0 N–H and O–H groups in total. The van der Waals surface area contributed by atoms with Crippen molar-refractivity contribution < 1.29 is 19.1 Å². The van der Waals surface area contributed by atoms with E-state index in [2.05, 4.69) is 0 Å². The molecule has 0 bridgehead atoms. The van der Waals surface area contributed by atoms with Gasteiger partial charge in [0, 0.05) is 31.1 Å². The first-order valence-corrected chi connectivity index (χ1v) is 10.6. The number of carbonyl (C=O) groups is 2. The van der Waals surface area contributed by atoms with Crippen LogP contribution in [0.5, 0.6) is 5.75 Å². The molecule has 152 valence electrons. The third kappa shape index (κ3) is 4.89. The molecule has 5 nitrogen and oxygen atoms in total. The Kier molecular flexibility index (Phi) is 7.49. The van der Waals surface area contributed by atoms with Gasteiger partial charge in [0.25, 0.3) is 11.8 Å². The van der Waals surface area contributed by atoms with Crippen molar-refractivity contribution in [1.82, 2.24) is 4.90 Å². The quantitative estimate of drug-likeness (QED) is 0.435. The Morgan fingerprint density at radius 1 is 0.966 bits per heavy atom. The van der Waals surface area contributed by atoms with E-state index in [0.717, 1.165) is 5.56 Å². The number of hydrogen-bond donors (Lipinski definition) is 0. The van der Waals surface area contributed by atoms with Gasteiger partial charge in [0.2, 0.25) is 0 Å². The molecule has 6 heteroatoms. The van der Waals surface area contributed by atoms with Crippen LogP contribution in [0.15, 0.2) is 59.5 Å². The SMILES string of the molecule is CCOCCCN1C(=O)C(SCc2ccccc2)=C(c2ccccc2OC)C1=O. The normalized spacial score (nSPS) is 14.1. The van der Waals surface area contributed by atoms with Gasteiger partial charge >= 0.3 is 0 Å². The Balaban J connectivity index is 1.90. The third-order valence-corrected chi connectivity index (χ3v) is 5.75. The number of rotatable bonds is 10. The molecule has 0 unspecified atom stereocenters. The number of methoxy groups -OCH3 is 1. The number of nitrogens with zero attached hydrogens (tertiary/aromatic N) is 1. The lowest BCUT2D eigenvalue weighted by molar-refractivity contribution is -0.136. The zero-order valence-corrected chi connectivity index (χ0v) is 17.5. The average Bonchev–Trinajstić information content (AvgIpc) is 2.99. The van der Waals surface area contributed by atoms with Crippen molar-refractivity contribution in [3.8, 4) is 5.75 Å². The minimum atomic E-state index is -0.272. The van der Waals surface area contributed by atoms with E-state index >= 15 is 0 Å². The van der Waals surface area contributed by atoms with Gasteiger partial charge in [0.1, 0.15) is 5.75 Å². The highest BCUT2D eigenvalue weighted by molar-refractivity contribution is 8.03. The molecular formula is C23H25NO4S. The summed E-state index contributed by atoms with van der Waals surface area (Å²) in [4.78, 5) is 28.1. The molecule has 0 radical (unpaired) electrons. The van der Waals surface area contributed by atoms with Crippen LogP contribution in [0.3, 0.4) is 0 Å². The number of amides is 2. The van der Waals surface area contributed by atoms with Crippen LogP contribution in [0.1, 0.15) is 24.5 Å². The number of thioether (sulfide) groups is 1. The molecular weight excluding hydrogens is 386 g/mol. The number of hydrogen-bond acceptors (Lipinski definition) is 5. The Morgan fingerprint density at radius 3 is 2.41 bits per heavy atom. The van der Waals surface area contributed by atoms with Crippen LogP contribution in [0.4, 0.5) is 0 Å². The highest BCUT2D eigenvalue weighted by Gasteiger charge is 2.39. The largest absolute Gasteiger partial charge is 0.496 e. The van der Waals surface area contributed by atoms with Crippen molar-refractivity contribution in [2.75, 3.05) is 26.9 Å². The van der Waals surface area contributed by atoms with Gasteiger partial charge in [0.05, 0.1) is 17.6 Å². The Hall–Kier alpha value is -2.57. The smallest absolute Gasteiger partial charge is 0.267 e. The maximum absolute atomic E-state index is 13.2. The first-order valence-electron chi connectivity index (χ1n) is 9.65. The van der Waals surface area contributed by atoms with Gasteiger partial charge in [0.15, 0.2) is 0 Å². The maximum atomic E-state index is 13.2. The van der Waals surface area contributed by atoms with E-state index in [1.807, 2.05) is 55.5 Å². The van der Waals surface area contributed by atoms with E-state index in [9.17, 15) is 9.59 Å². The highest BCUT2D eigenvalue weighted by atomic mass is 32.2. The summed E-state index contributed by atoms with van der Waals surface area (Å²) in [5.74, 6) is 0.679. The molecule has 0 fully saturated rings. The van der Waals surface area contributed by atoms with Crippen molar-refractivity contribution >= 4 is 29.1 Å². The standard InChI is InChI=1S/C23H25NO4S/c1-3-28-15-9-14-24-22(25)20(18-12-7-8-13-19(18)27-2)21(23(24)26)29-16-17-10-5-4-6-11-17/h4-8,10-13H,3,9,14-16H2,1-2H3. The molecule has 1 aliphatic rings. The van der Waals surface area contributed by atoms with E-state index in [1.54, 1.807) is 13.2 Å². The van der Waals surface area contributed by atoms with Gasteiger partial charge in [-0.1, -0.05) is 48.5 Å². The van der Waals surface area contributed by atoms with Gasteiger partial charge < -0.3 is 9.47 Å². The second-order valence-corrected chi connectivity index (χ2v) is 7.48. The predicted octanol–water partition coefficient (Wildman–Crippen LogP) is 4.14. The van der Waals surface area contributed by atoms with Gasteiger partial charge in [-0.15, -0.1) is 11.8 Å². The maximum Gasteiger partial charge on any atom is 0.267 e. The van der Waals surface area contributed by atoms with Gasteiger partial charge in [-0.3, -0.25) is 14.5 Å². The topological polar surface area (TPSA) is 55.8 Å². The molecule has 0 aliphatic carbocycles. The average molecular weight is 412 g/mol. The highest BCUT2D eigenvalue weighted by Crippen LogP contribution is 2.40. The Bertz CT molecular complexity index is 895. The molecule has 0 saturated heterocycles. The minimum absolute atomic E-state index is 0.242. The Morgan fingerprint density at radius 2 is 1.69 bits per heavy atom. The summed E-state index contributed by atoms with van der Waals surface area (Å²) >= 11 is 1.40. The van der Waals surface area contributed by atoms with Crippen molar-refractivity contribution in [2.45, 2.75) is 19.1 Å². The van der Waals surface area contributed by atoms with Crippen LogP contribution in [-0.4, -0.2) is 43.6 Å². The molecule has 0 atom stereocenters. The van der Waals surface area contributed by atoms with Gasteiger partial charge in [-0.05, 0) is 25.0 Å². The summed E-state index contributed by atoms with van der Waals surface area (Å²) in [5.41, 5.74) is 2.17. The lowest BCUT2D eigenvalue weighted by Gasteiger charge is -2.15. The van der Waals surface area contributed by atoms with Crippen LogP contribution >= 0.6 is 11.8 Å². The minimum Gasteiger partial charge on any atom is -0.496 e. The Labute approximate surface area is 175 Å². The lowest BCUT2D eigenvalue weighted by Crippen LogP contribution is -2.33. The summed E-state index contributed by atoms with van der Waals surface area (Å²) in [5, 5.41) is 0. The number of benzene rings is 2. The summed E-state index contributed by atoms with van der Waals surface area (Å²) in [7, 11) is 1.57. The molecule has 0 aromatic heterocycles. The van der Waals surface area contributed by atoms with Crippen LogP contribution < -0.4 is 4.74 Å².